The minimum Gasteiger partial charge on any atom is -0.465 e. The Morgan fingerprint density at radius 1 is 1.43 bits per heavy atom. The number of rotatable bonds is 2. The number of likely N-dealkylation sites (N-methyl/N-ethyl adjacent to an activating group) is 1. The summed E-state index contributed by atoms with van der Waals surface area (Å²) >= 11 is 0. The average Bonchev–Trinajstić information content (AvgIpc) is 2.45. The van der Waals surface area contributed by atoms with Crippen LogP contribution in [-0.2, 0) is 9.53 Å². The highest BCUT2D eigenvalue weighted by Gasteiger charge is 2.41. The van der Waals surface area contributed by atoms with E-state index in [1.807, 2.05) is 18.7 Å². The molecule has 1 aliphatic heterocycles. The van der Waals surface area contributed by atoms with Crippen LogP contribution in [0.25, 0.3) is 0 Å². The van der Waals surface area contributed by atoms with Crippen molar-refractivity contribution >= 4 is 23.4 Å². The van der Waals surface area contributed by atoms with Crippen LogP contribution >= 0.6 is 0 Å². The smallest absolute Gasteiger partial charge is 0.340 e. The van der Waals surface area contributed by atoms with Gasteiger partial charge in [0.15, 0.2) is 0 Å². The highest BCUT2D eigenvalue weighted by atomic mass is 16.5. The summed E-state index contributed by atoms with van der Waals surface area (Å²) in [6.07, 6.45) is 1.42. The first-order chi connectivity index (χ1) is 9.78. The number of nitrogens with two attached hydrogens (primary N) is 1. The van der Waals surface area contributed by atoms with Gasteiger partial charge in [-0.2, -0.15) is 0 Å². The van der Waals surface area contributed by atoms with Crippen LogP contribution in [-0.4, -0.2) is 54.5 Å². The number of methoxy groups -OCH3 is 1. The molecule has 2 heterocycles. The zero-order chi connectivity index (χ0) is 15.8. The fourth-order valence-corrected chi connectivity index (χ4v) is 2.50. The third kappa shape index (κ3) is 2.51. The summed E-state index contributed by atoms with van der Waals surface area (Å²) in [6, 6.07) is 1.57. The fourth-order valence-electron chi connectivity index (χ4n) is 2.50. The number of piperazine rings is 1. The van der Waals surface area contributed by atoms with Crippen molar-refractivity contribution in [3.05, 3.63) is 17.8 Å². The number of nitrogens with zero attached hydrogens (tertiary/aromatic N) is 3. The number of pyridine rings is 1. The second-order valence-corrected chi connectivity index (χ2v) is 5.56. The maximum atomic E-state index is 12.3. The summed E-state index contributed by atoms with van der Waals surface area (Å²) in [5.74, 6) is 0.0254. The van der Waals surface area contributed by atoms with Gasteiger partial charge in [0, 0.05) is 20.1 Å². The second kappa shape index (κ2) is 5.23. The molecule has 0 atom stereocenters. The first kappa shape index (κ1) is 15.1. The Morgan fingerprint density at radius 2 is 2.10 bits per heavy atom. The van der Waals surface area contributed by atoms with Crippen molar-refractivity contribution in [2.45, 2.75) is 19.4 Å². The maximum Gasteiger partial charge on any atom is 0.340 e. The van der Waals surface area contributed by atoms with Gasteiger partial charge < -0.3 is 20.3 Å². The van der Waals surface area contributed by atoms with E-state index in [1.54, 1.807) is 18.0 Å². The lowest BCUT2D eigenvalue weighted by Crippen LogP contribution is -2.62. The molecule has 1 aromatic heterocycles. The van der Waals surface area contributed by atoms with Crippen LogP contribution in [0.4, 0.5) is 11.5 Å². The molecule has 7 heteroatoms. The van der Waals surface area contributed by atoms with Gasteiger partial charge >= 0.3 is 5.97 Å². The number of carbonyl (C=O) groups excluding carboxylic acids is 2. The summed E-state index contributed by atoms with van der Waals surface area (Å²) in [4.78, 5) is 31.9. The van der Waals surface area contributed by atoms with Crippen LogP contribution < -0.4 is 10.6 Å². The summed E-state index contributed by atoms with van der Waals surface area (Å²) < 4.78 is 4.71. The summed E-state index contributed by atoms with van der Waals surface area (Å²) in [5, 5.41) is 0. The van der Waals surface area contributed by atoms with Crippen LogP contribution in [0.1, 0.15) is 24.2 Å². The molecular weight excluding hydrogens is 272 g/mol. The third-order valence-electron chi connectivity index (χ3n) is 3.81. The molecule has 1 aliphatic rings. The van der Waals surface area contributed by atoms with E-state index in [9.17, 15) is 9.59 Å². The number of hydrogen-bond donors (Lipinski definition) is 1. The number of anilines is 2. The van der Waals surface area contributed by atoms with Gasteiger partial charge in [0.05, 0.1) is 24.6 Å². The molecule has 0 aliphatic carbocycles. The normalized spacial score (nSPS) is 17.8. The van der Waals surface area contributed by atoms with Crippen LogP contribution in [0.3, 0.4) is 0 Å². The molecule has 114 valence electrons. The Hall–Kier alpha value is -2.31. The molecule has 0 unspecified atom stereocenters. The van der Waals surface area contributed by atoms with E-state index in [0.29, 0.717) is 18.9 Å². The predicted molar refractivity (Wildman–Crippen MR) is 79.1 cm³/mol. The van der Waals surface area contributed by atoms with E-state index in [-0.39, 0.29) is 17.2 Å². The molecule has 7 nitrogen and oxygen atoms in total. The van der Waals surface area contributed by atoms with Crippen molar-refractivity contribution in [1.29, 1.82) is 0 Å². The molecule has 1 saturated heterocycles. The SMILES string of the molecule is COC(=O)c1cc(N2CCN(C)C(=O)C2(C)C)ncc1N. The molecular formula is C14H20N4O3. The number of carbonyl (C=O) groups is 2. The molecule has 21 heavy (non-hydrogen) atoms. The molecule has 2 N–H and O–H groups in total. The quantitative estimate of drug-likeness (QED) is 0.799. The third-order valence-corrected chi connectivity index (χ3v) is 3.81. The van der Waals surface area contributed by atoms with Crippen molar-refractivity contribution in [1.82, 2.24) is 9.88 Å². The highest BCUT2D eigenvalue weighted by molar-refractivity contribution is 5.96. The Labute approximate surface area is 123 Å². The Bertz CT molecular complexity index is 586. The largest absolute Gasteiger partial charge is 0.465 e. The Balaban J connectivity index is 2.42. The standard InChI is InChI=1S/C14H20N4O3/c1-14(2)13(20)17(3)5-6-18(14)11-7-9(12(19)21-4)10(15)8-16-11/h7-8H,5-6,15H2,1-4H3. The summed E-state index contributed by atoms with van der Waals surface area (Å²) in [7, 11) is 3.07. The zero-order valence-corrected chi connectivity index (χ0v) is 12.7. The molecule has 0 spiro atoms. The van der Waals surface area contributed by atoms with Crippen molar-refractivity contribution in [3.8, 4) is 0 Å². The average molecular weight is 292 g/mol. The number of aromatic nitrogens is 1. The molecule has 0 radical (unpaired) electrons. The van der Waals surface area contributed by atoms with Gasteiger partial charge in [-0.1, -0.05) is 0 Å². The summed E-state index contributed by atoms with van der Waals surface area (Å²) in [6.45, 7) is 4.90. The lowest BCUT2D eigenvalue weighted by molar-refractivity contribution is -0.136. The molecule has 0 aromatic carbocycles. The minimum atomic E-state index is -0.733. The Morgan fingerprint density at radius 3 is 2.71 bits per heavy atom. The van der Waals surface area contributed by atoms with Gasteiger partial charge in [-0.25, -0.2) is 9.78 Å². The van der Waals surface area contributed by atoms with Crippen LogP contribution in [0.5, 0.6) is 0 Å². The van der Waals surface area contributed by atoms with Gasteiger partial charge in [0.2, 0.25) is 5.91 Å². The predicted octanol–water partition coefficient (Wildman–Crippen LogP) is 0.507. The Kier molecular flexibility index (Phi) is 3.76. The van der Waals surface area contributed by atoms with E-state index in [0.717, 1.165) is 0 Å². The van der Waals surface area contributed by atoms with Crippen molar-refractivity contribution in [2.75, 3.05) is 37.9 Å². The van der Waals surface area contributed by atoms with Gasteiger partial charge in [-0.05, 0) is 19.9 Å². The number of esters is 1. The van der Waals surface area contributed by atoms with Crippen molar-refractivity contribution in [3.63, 3.8) is 0 Å². The molecule has 1 fully saturated rings. The second-order valence-electron chi connectivity index (χ2n) is 5.56. The number of ether oxygens (including phenoxy) is 1. The van der Waals surface area contributed by atoms with E-state index in [1.165, 1.54) is 13.3 Å². The highest BCUT2D eigenvalue weighted by Crippen LogP contribution is 2.28. The van der Waals surface area contributed by atoms with E-state index >= 15 is 0 Å². The topological polar surface area (TPSA) is 88.8 Å². The minimum absolute atomic E-state index is 0.00648. The lowest BCUT2D eigenvalue weighted by atomic mass is 9.97. The molecule has 0 saturated carbocycles. The van der Waals surface area contributed by atoms with Gasteiger partial charge in [0.1, 0.15) is 11.4 Å². The molecule has 0 bridgehead atoms. The monoisotopic (exact) mass is 292 g/mol. The van der Waals surface area contributed by atoms with Crippen LogP contribution in [0.2, 0.25) is 0 Å². The number of nitrogen functional groups attached to an aromatic ring is 1. The fraction of sp³-hybridized carbons (Fsp3) is 0.500. The summed E-state index contributed by atoms with van der Waals surface area (Å²) in [5.41, 5.74) is 5.53. The first-order valence-corrected chi connectivity index (χ1v) is 6.66. The number of hydrogen-bond acceptors (Lipinski definition) is 6. The van der Waals surface area contributed by atoms with Crippen LogP contribution in [0.15, 0.2) is 12.3 Å². The molecule has 1 amide bonds. The first-order valence-electron chi connectivity index (χ1n) is 6.66. The van der Waals surface area contributed by atoms with E-state index in [4.69, 9.17) is 10.5 Å². The van der Waals surface area contributed by atoms with Gasteiger partial charge in [0.25, 0.3) is 0 Å². The van der Waals surface area contributed by atoms with Crippen LogP contribution in [0, 0.1) is 0 Å². The lowest BCUT2D eigenvalue weighted by Gasteiger charge is -2.45. The van der Waals surface area contributed by atoms with E-state index in [2.05, 4.69) is 4.98 Å². The zero-order valence-electron chi connectivity index (χ0n) is 12.7. The van der Waals surface area contributed by atoms with E-state index < -0.39 is 11.5 Å². The molecule has 1 aromatic rings. The van der Waals surface area contributed by atoms with Crippen molar-refractivity contribution in [2.24, 2.45) is 0 Å². The van der Waals surface area contributed by atoms with Crippen molar-refractivity contribution < 1.29 is 14.3 Å². The number of amides is 1. The molecule has 2 rings (SSSR count). The van der Waals surface area contributed by atoms with Gasteiger partial charge in [-0.15, -0.1) is 0 Å². The van der Waals surface area contributed by atoms with Gasteiger partial charge in [-0.3, -0.25) is 4.79 Å². The maximum absolute atomic E-state index is 12.3.